The molecule has 2 aromatic rings. The fraction of sp³-hybridized carbons (Fsp3) is 0.474. The Morgan fingerprint density at radius 3 is 2.41 bits per heavy atom. The van der Waals surface area contributed by atoms with E-state index in [0.717, 1.165) is 30.9 Å². The van der Waals surface area contributed by atoms with Crippen molar-refractivity contribution in [1.82, 2.24) is 14.7 Å². The molecule has 7 nitrogen and oxygen atoms in total. The van der Waals surface area contributed by atoms with Crippen molar-refractivity contribution in [2.75, 3.05) is 37.7 Å². The Bertz CT molecular complexity index is 928. The molecule has 1 aromatic heterocycles. The van der Waals surface area contributed by atoms with Crippen molar-refractivity contribution in [2.45, 2.75) is 19.4 Å². The average Bonchev–Trinajstić information content (AvgIpc) is 3.26. The zero-order chi connectivity index (χ0) is 19.0. The molecule has 27 heavy (non-hydrogen) atoms. The van der Waals surface area contributed by atoms with Gasteiger partial charge < -0.3 is 9.80 Å². The van der Waals surface area contributed by atoms with Crippen molar-refractivity contribution < 1.29 is 18.1 Å². The molecule has 1 aromatic carbocycles. The van der Waals surface area contributed by atoms with E-state index in [2.05, 4.69) is 5.10 Å². The third kappa shape index (κ3) is 3.77. The first-order valence-electron chi connectivity index (χ1n) is 9.38. The van der Waals surface area contributed by atoms with Crippen LogP contribution >= 0.6 is 0 Å². The van der Waals surface area contributed by atoms with Gasteiger partial charge in [-0.15, -0.1) is 0 Å². The van der Waals surface area contributed by atoms with E-state index in [4.69, 9.17) is 0 Å². The molecule has 3 heterocycles. The summed E-state index contributed by atoms with van der Waals surface area (Å²) < 4.78 is 25.2. The number of nitrogens with zero attached hydrogens (tertiary/aromatic N) is 3. The Hall–Kier alpha value is -2.19. The van der Waals surface area contributed by atoms with Gasteiger partial charge in [-0.2, -0.15) is 5.10 Å². The Balaban J connectivity index is 1.37. The standard InChI is InChI=1S/C19H24N4O3S/c1-15-6-8-20-23(15)17-4-2-16(3-5-17)19(24)22-11-9-21(10-12-22)18-7-13-27(25,26)14-18/h2-6,8,18H,7,9-14H2,1H3/p+1/t18-/m1/s1. The molecule has 0 spiro atoms. The number of aryl methyl sites for hydroxylation is 1. The van der Waals surface area contributed by atoms with Crippen molar-refractivity contribution >= 4 is 15.7 Å². The quantitative estimate of drug-likeness (QED) is 0.783. The van der Waals surface area contributed by atoms with Crippen LogP contribution in [0.3, 0.4) is 0 Å². The number of nitrogens with one attached hydrogen (secondary N) is 1. The Kier molecular flexibility index (Phi) is 4.77. The van der Waals surface area contributed by atoms with Crippen LogP contribution in [0.1, 0.15) is 22.5 Å². The van der Waals surface area contributed by atoms with Gasteiger partial charge in [0.1, 0.15) is 11.8 Å². The summed E-state index contributed by atoms with van der Waals surface area (Å²) in [6.45, 7) is 4.96. The van der Waals surface area contributed by atoms with Crippen LogP contribution in [0.5, 0.6) is 0 Å². The first-order valence-corrected chi connectivity index (χ1v) is 11.2. The highest BCUT2D eigenvalue weighted by Crippen LogP contribution is 2.14. The number of benzene rings is 1. The topological polar surface area (TPSA) is 76.7 Å². The van der Waals surface area contributed by atoms with Crippen LogP contribution in [-0.4, -0.2) is 72.7 Å². The highest BCUT2D eigenvalue weighted by atomic mass is 32.2. The molecule has 2 aliphatic rings. The van der Waals surface area contributed by atoms with Gasteiger partial charge in [0.15, 0.2) is 9.84 Å². The van der Waals surface area contributed by atoms with Gasteiger partial charge in [0.25, 0.3) is 5.91 Å². The molecule has 2 saturated heterocycles. The maximum atomic E-state index is 12.8. The zero-order valence-corrected chi connectivity index (χ0v) is 16.3. The predicted molar refractivity (Wildman–Crippen MR) is 102 cm³/mol. The van der Waals surface area contributed by atoms with Crippen molar-refractivity contribution in [3.63, 3.8) is 0 Å². The molecule has 0 aliphatic carbocycles. The minimum Gasteiger partial charge on any atom is -0.329 e. The van der Waals surface area contributed by atoms with E-state index in [-0.39, 0.29) is 11.9 Å². The van der Waals surface area contributed by atoms with E-state index in [9.17, 15) is 13.2 Å². The summed E-state index contributed by atoms with van der Waals surface area (Å²) in [5.41, 5.74) is 2.66. The molecular formula is C19H25N4O3S+. The van der Waals surface area contributed by atoms with Crippen molar-refractivity contribution in [1.29, 1.82) is 0 Å². The molecule has 0 radical (unpaired) electrons. The Labute approximate surface area is 159 Å². The Morgan fingerprint density at radius 1 is 1.15 bits per heavy atom. The first kappa shape index (κ1) is 18.2. The van der Waals surface area contributed by atoms with Crippen molar-refractivity contribution in [3.8, 4) is 5.69 Å². The summed E-state index contributed by atoms with van der Waals surface area (Å²) in [5.74, 6) is 0.646. The molecule has 0 bridgehead atoms. The Morgan fingerprint density at radius 2 is 1.85 bits per heavy atom. The molecule has 0 unspecified atom stereocenters. The molecule has 1 N–H and O–H groups in total. The van der Waals surface area contributed by atoms with Gasteiger partial charge in [-0.1, -0.05) is 0 Å². The zero-order valence-electron chi connectivity index (χ0n) is 15.5. The second kappa shape index (κ2) is 7.09. The van der Waals surface area contributed by atoms with Crippen molar-refractivity contribution in [2.24, 2.45) is 0 Å². The van der Waals surface area contributed by atoms with Gasteiger partial charge in [0.05, 0.1) is 37.6 Å². The van der Waals surface area contributed by atoms with Crippen LogP contribution in [0.2, 0.25) is 0 Å². The third-order valence-electron chi connectivity index (χ3n) is 5.69. The van der Waals surface area contributed by atoms with E-state index < -0.39 is 9.84 Å². The van der Waals surface area contributed by atoms with E-state index in [1.807, 2.05) is 46.8 Å². The van der Waals surface area contributed by atoms with Crippen LogP contribution < -0.4 is 4.90 Å². The molecule has 2 fully saturated rings. The summed E-state index contributed by atoms with van der Waals surface area (Å²) in [6.07, 6.45) is 2.51. The normalized spacial score (nSPS) is 22.9. The fourth-order valence-electron chi connectivity index (χ4n) is 4.09. The summed E-state index contributed by atoms with van der Waals surface area (Å²) in [6, 6.07) is 9.67. The molecule has 4 rings (SSSR count). The van der Waals surface area contributed by atoms with Gasteiger partial charge in [0, 0.05) is 23.9 Å². The van der Waals surface area contributed by atoms with Crippen molar-refractivity contribution in [3.05, 3.63) is 47.8 Å². The van der Waals surface area contributed by atoms with Crippen LogP contribution in [0.15, 0.2) is 36.5 Å². The predicted octanol–water partition coefficient (Wildman–Crippen LogP) is -0.291. The fourth-order valence-corrected chi connectivity index (χ4v) is 5.92. The minimum absolute atomic E-state index is 0.0387. The number of hydrogen-bond donors (Lipinski definition) is 1. The number of aromatic nitrogens is 2. The summed E-state index contributed by atoms with van der Waals surface area (Å²) in [5, 5.41) is 4.28. The second-order valence-electron chi connectivity index (χ2n) is 7.48. The van der Waals surface area contributed by atoms with Gasteiger partial charge >= 0.3 is 0 Å². The van der Waals surface area contributed by atoms with E-state index >= 15 is 0 Å². The lowest BCUT2D eigenvalue weighted by Crippen LogP contribution is -3.18. The maximum absolute atomic E-state index is 12.8. The number of hydrogen-bond acceptors (Lipinski definition) is 4. The maximum Gasteiger partial charge on any atom is 0.254 e. The molecule has 144 valence electrons. The number of quaternary nitrogens is 1. The average molecular weight is 390 g/mol. The number of carbonyl (C=O) groups excluding carboxylic acids is 1. The summed E-state index contributed by atoms with van der Waals surface area (Å²) in [4.78, 5) is 16.0. The summed E-state index contributed by atoms with van der Waals surface area (Å²) >= 11 is 0. The van der Waals surface area contributed by atoms with Gasteiger partial charge in [-0.3, -0.25) is 4.79 Å². The SMILES string of the molecule is Cc1ccnn1-c1ccc(C(=O)N2CC[NH+]([C@@H]3CCS(=O)(=O)C3)CC2)cc1. The minimum atomic E-state index is -2.85. The molecule has 8 heteroatoms. The monoisotopic (exact) mass is 389 g/mol. The lowest BCUT2D eigenvalue weighted by Gasteiger charge is -2.35. The van der Waals surface area contributed by atoms with E-state index in [1.54, 1.807) is 6.20 Å². The molecule has 1 amide bonds. The smallest absolute Gasteiger partial charge is 0.254 e. The van der Waals surface area contributed by atoms with Crippen LogP contribution in [0.4, 0.5) is 0 Å². The molecule has 2 aliphatic heterocycles. The highest BCUT2D eigenvalue weighted by molar-refractivity contribution is 7.91. The van der Waals surface area contributed by atoms with E-state index in [1.165, 1.54) is 4.90 Å². The lowest BCUT2D eigenvalue weighted by atomic mass is 10.1. The van der Waals surface area contributed by atoms with Crippen LogP contribution in [-0.2, 0) is 9.84 Å². The lowest BCUT2D eigenvalue weighted by molar-refractivity contribution is -0.925. The van der Waals surface area contributed by atoms with Gasteiger partial charge in [-0.25, -0.2) is 13.1 Å². The second-order valence-corrected chi connectivity index (χ2v) is 9.71. The molecule has 1 atom stereocenters. The van der Waals surface area contributed by atoms with Gasteiger partial charge in [-0.05, 0) is 37.3 Å². The highest BCUT2D eigenvalue weighted by Gasteiger charge is 2.37. The number of piperazine rings is 1. The largest absolute Gasteiger partial charge is 0.329 e. The third-order valence-corrected chi connectivity index (χ3v) is 7.46. The number of rotatable bonds is 3. The number of carbonyl (C=O) groups is 1. The number of sulfone groups is 1. The molecular weight excluding hydrogens is 364 g/mol. The van der Waals surface area contributed by atoms with Crippen LogP contribution in [0, 0.1) is 6.92 Å². The molecule has 0 saturated carbocycles. The number of amides is 1. The summed E-state index contributed by atoms with van der Waals surface area (Å²) in [7, 11) is -2.85. The van der Waals surface area contributed by atoms with E-state index in [0.29, 0.717) is 30.2 Å². The van der Waals surface area contributed by atoms with Crippen LogP contribution in [0.25, 0.3) is 5.69 Å². The first-order chi connectivity index (χ1) is 12.9. The van der Waals surface area contributed by atoms with Gasteiger partial charge in [0.2, 0.25) is 0 Å².